The Morgan fingerprint density at radius 1 is 1.27 bits per heavy atom. The van der Waals surface area contributed by atoms with E-state index in [1.165, 1.54) is 31.4 Å². The van der Waals surface area contributed by atoms with Gasteiger partial charge >= 0.3 is 0 Å². The van der Waals surface area contributed by atoms with E-state index in [0.29, 0.717) is 0 Å². The van der Waals surface area contributed by atoms with Crippen LogP contribution in [-0.4, -0.2) is 28.5 Å². The van der Waals surface area contributed by atoms with E-state index < -0.39 is 0 Å². The molecule has 1 aromatic rings. The van der Waals surface area contributed by atoms with Gasteiger partial charge in [0.25, 0.3) is 0 Å². The highest BCUT2D eigenvalue weighted by Crippen LogP contribution is 2.05. The zero-order valence-electron chi connectivity index (χ0n) is 9.28. The van der Waals surface area contributed by atoms with E-state index in [1.807, 2.05) is 17.8 Å². The fourth-order valence-corrected chi connectivity index (χ4v) is 1.83. The zero-order chi connectivity index (χ0) is 10.8. The topological polar surface area (TPSA) is 37.8 Å². The molecule has 15 heavy (non-hydrogen) atoms. The van der Waals surface area contributed by atoms with Crippen LogP contribution in [0.1, 0.15) is 25.7 Å². The first-order valence-corrected chi connectivity index (χ1v) is 6.81. The summed E-state index contributed by atoms with van der Waals surface area (Å²) >= 11 is 1.93. The molecule has 0 radical (unpaired) electrons. The summed E-state index contributed by atoms with van der Waals surface area (Å²) < 4.78 is 0. The van der Waals surface area contributed by atoms with E-state index in [4.69, 9.17) is 0 Å². The SMILES string of the molecule is CSCCCCCCNc1ccncn1. The third kappa shape index (κ3) is 6.33. The van der Waals surface area contributed by atoms with E-state index in [9.17, 15) is 0 Å². The lowest BCUT2D eigenvalue weighted by atomic mass is 10.2. The van der Waals surface area contributed by atoms with Gasteiger partial charge in [0.15, 0.2) is 0 Å². The van der Waals surface area contributed by atoms with Crippen LogP contribution in [0.2, 0.25) is 0 Å². The lowest BCUT2D eigenvalue weighted by Gasteiger charge is -2.04. The predicted molar refractivity (Wildman–Crippen MR) is 67.4 cm³/mol. The van der Waals surface area contributed by atoms with Crippen LogP contribution in [0.4, 0.5) is 5.82 Å². The average molecular weight is 225 g/mol. The molecular weight excluding hydrogens is 206 g/mol. The van der Waals surface area contributed by atoms with Gasteiger partial charge in [0.05, 0.1) is 0 Å². The number of aromatic nitrogens is 2. The summed E-state index contributed by atoms with van der Waals surface area (Å²) in [4.78, 5) is 7.97. The molecule has 0 atom stereocenters. The molecular formula is C11H19N3S. The highest BCUT2D eigenvalue weighted by molar-refractivity contribution is 7.98. The number of hydrogen-bond acceptors (Lipinski definition) is 4. The molecule has 0 spiro atoms. The summed E-state index contributed by atoms with van der Waals surface area (Å²) in [5, 5.41) is 3.28. The van der Waals surface area contributed by atoms with E-state index >= 15 is 0 Å². The summed E-state index contributed by atoms with van der Waals surface area (Å²) in [7, 11) is 0. The molecule has 1 heterocycles. The largest absolute Gasteiger partial charge is 0.370 e. The van der Waals surface area contributed by atoms with Crippen LogP contribution in [0.5, 0.6) is 0 Å². The first kappa shape index (κ1) is 12.3. The second kappa shape index (κ2) is 8.53. The highest BCUT2D eigenvalue weighted by Gasteiger charge is 1.92. The summed E-state index contributed by atoms with van der Waals surface area (Å²) in [6, 6.07) is 1.90. The Balaban J connectivity index is 1.93. The molecule has 0 aliphatic carbocycles. The predicted octanol–water partition coefficient (Wildman–Crippen LogP) is 2.81. The van der Waals surface area contributed by atoms with Gasteiger partial charge in [-0.05, 0) is 30.9 Å². The van der Waals surface area contributed by atoms with Crippen molar-refractivity contribution in [1.82, 2.24) is 9.97 Å². The Labute approximate surface area is 96.1 Å². The van der Waals surface area contributed by atoms with Crippen LogP contribution < -0.4 is 5.32 Å². The van der Waals surface area contributed by atoms with Gasteiger partial charge in [-0.25, -0.2) is 9.97 Å². The van der Waals surface area contributed by atoms with Crippen molar-refractivity contribution < 1.29 is 0 Å². The van der Waals surface area contributed by atoms with Crippen molar-refractivity contribution in [3.63, 3.8) is 0 Å². The second-order valence-corrected chi connectivity index (χ2v) is 4.41. The smallest absolute Gasteiger partial charge is 0.129 e. The highest BCUT2D eigenvalue weighted by atomic mass is 32.2. The molecule has 4 heteroatoms. The molecule has 0 aliphatic rings. The molecule has 3 nitrogen and oxygen atoms in total. The van der Waals surface area contributed by atoms with Crippen molar-refractivity contribution in [3.05, 3.63) is 18.6 Å². The van der Waals surface area contributed by atoms with Crippen LogP contribution in [0, 0.1) is 0 Å². The third-order valence-corrected chi connectivity index (χ3v) is 2.86. The van der Waals surface area contributed by atoms with Gasteiger partial charge in [-0.1, -0.05) is 12.8 Å². The van der Waals surface area contributed by atoms with Crippen LogP contribution in [0.25, 0.3) is 0 Å². The minimum atomic E-state index is 0.925. The number of anilines is 1. The second-order valence-electron chi connectivity index (χ2n) is 3.43. The molecule has 1 rings (SSSR count). The van der Waals surface area contributed by atoms with Gasteiger partial charge in [-0.15, -0.1) is 0 Å². The molecule has 0 fully saturated rings. The molecule has 1 aromatic heterocycles. The molecule has 0 aliphatic heterocycles. The van der Waals surface area contributed by atoms with Gasteiger partial charge < -0.3 is 5.32 Å². The van der Waals surface area contributed by atoms with Crippen molar-refractivity contribution in [3.8, 4) is 0 Å². The van der Waals surface area contributed by atoms with E-state index in [2.05, 4.69) is 21.5 Å². The van der Waals surface area contributed by atoms with Crippen molar-refractivity contribution in [2.24, 2.45) is 0 Å². The quantitative estimate of drug-likeness (QED) is 0.690. The Morgan fingerprint density at radius 3 is 2.87 bits per heavy atom. The van der Waals surface area contributed by atoms with Crippen LogP contribution in [0.15, 0.2) is 18.6 Å². The van der Waals surface area contributed by atoms with E-state index in [1.54, 1.807) is 12.5 Å². The number of rotatable bonds is 8. The lowest BCUT2D eigenvalue weighted by Crippen LogP contribution is -2.03. The third-order valence-electron chi connectivity index (χ3n) is 2.16. The fraction of sp³-hybridized carbons (Fsp3) is 0.636. The molecule has 0 aromatic carbocycles. The normalized spacial score (nSPS) is 10.2. The van der Waals surface area contributed by atoms with Gasteiger partial charge in [0.1, 0.15) is 12.1 Å². The number of thioether (sulfide) groups is 1. The number of nitrogens with zero attached hydrogens (tertiary/aromatic N) is 2. The van der Waals surface area contributed by atoms with Gasteiger partial charge in [-0.3, -0.25) is 0 Å². The summed E-state index contributed by atoms with van der Waals surface area (Å²) in [5.74, 6) is 2.22. The number of nitrogens with one attached hydrogen (secondary N) is 1. The first-order valence-electron chi connectivity index (χ1n) is 5.42. The molecule has 1 N–H and O–H groups in total. The van der Waals surface area contributed by atoms with Crippen LogP contribution >= 0.6 is 11.8 Å². The molecule has 0 saturated heterocycles. The van der Waals surface area contributed by atoms with Crippen LogP contribution in [0.3, 0.4) is 0 Å². The maximum Gasteiger partial charge on any atom is 0.129 e. The lowest BCUT2D eigenvalue weighted by molar-refractivity contribution is 0.688. The van der Waals surface area contributed by atoms with Crippen molar-refractivity contribution in [1.29, 1.82) is 0 Å². The van der Waals surface area contributed by atoms with Gasteiger partial charge in [0.2, 0.25) is 0 Å². The molecule has 0 unspecified atom stereocenters. The standard InChI is InChI=1S/C11H19N3S/c1-15-9-5-3-2-4-7-13-11-6-8-12-10-14-11/h6,8,10H,2-5,7,9H2,1H3,(H,12,13,14). The van der Waals surface area contributed by atoms with Crippen molar-refractivity contribution in [2.45, 2.75) is 25.7 Å². The Kier molecular flexibility index (Phi) is 7.00. The van der Waals surface area contributed by atoms with Crippen molar-refractivity contribution in [2.75, 3.05) is 23.9 Å². The summed E-state index contributed by atoms with van der Waals surface area (Å²) in [6.07, 6.45) is 10.7. The molecule has 0 saturated carbocycles. The van der Waals surface area contributed by atoms with Crippen molar-refractivity contribution >= 4 is 17.6 Å². The first-order chi connectivity index (χ1) is 7.43. The number of unbranched alkanes of at least 4 members (excludes halogenated alkanes) is 3. The van der Waals surface area contributed by atoms with E-state index in [-0.39, 0.29) is 0 Å². The zero-order valence-corrected chi connectivity index (χ0v) is 10.1. The van der Waals surface area contributed by atoms with Crippen LogP contribution in [-0.2, 0) is 0 Å². The molecule has 84 valence electrons. The minimum Gasteiger partial charge on any atom is -0.370 e. The monoisotopic (exact) mass is 225 g/mol. The van der Waals surface area contributed by atoms with Gasteiger partial charge in [0, 0.05) is 12.7 Å². The maximum atomic E-state index is 4.10. The Hall–Kier alpha value is -0.770. The Morgan fingerprint density at radius 2 is 2.13 bits per heavy atom. The van der Waals surface area contributed by atoms with E-state index in [0.717, 1.165) is 12.4 Å². The summed E-state index contributed by atoms with van der Waals surface area (Å²) in [6.45, 7) is 1.01. The summed E-state index contributed by atoms with van der Waals surface area (Å²) in [5.41, 5.74) is 0. The van der Waals surface area contributed by atoms with Gasteiger partial charge in [-0.2, -0.15) is 11.8 Å². The maximum absolute atomic E-state index is 4.10. The minimum absolute atomic E-state index is 0.925. The average Bonchev–Trinajstić information content (AvgIpc) is 2.29. The number of hydrogen-bond donors (Lipinski definition) is 1. The molecule has 0 bridgehead atoms. The fourth-order valence-electron chi connectivity index (χ4n) is 1.34. The Bertz CT molecular complexity index is 241. The molecule has 0 amide bonds.